The number of aryl methyl sites for hydroxylation is 1. The summed E-state index contributed by atoms with van der Waals surface area (Å²) in [5, 5.41) is 1.37. The van der Waals surface area contributed by atoms with Crippen molar-refractivity contribution in [3.8, 4) is 10.6 Å². The standard InChI is InChI=1S/C13H14ClN3OS/c1-2-5-10-11(12(18)17-15)19-13(16-10)8-6-3-4-7-9(8)14/h3-4,6-7H,2,5,15H2,1H3,(H,17,18). The van der Waals surface area contributed by atoms with Crippen LogP contribution in [-0.2, 0) is 6.42 Å². The zero-order valence-corrected chi connectivity index (χ0v) is 12.0. The Kier molecular flexibility index (Phi) is 4.52. The lowest BCUT2D eigenvalue weighted by molar-refractivity contribution is 0.0956. The lowest BCUT2D eigenvalue weighted by Crippen LogP contribution is -2.30. The van der Waals surface area contributed by atoms with Gasteiger partial charge in [0.25, 0.3) is 5.91 Å². The van der Waals surface area contributed by atoms with E-state index in [1.807, 2.05) is 25.1 Å². The van der Waals surface area contributed by atoms with E-state index in [-0.39, 0.29) is 5.91 Å². The molecule has 0 aliphatic rings. The number of aromatic nitrogens is 1. The van der Waals surface area contributed by atoms with Crippen molar-refractivity contribution in [1.29, 1.82) is 0 Å². The van der Waals surface area contributed by atoms with Crippen molar-refractivity contribution in [2.24, 2.45) is 5.84 Å². The minimum absolute atomic E-state index is 0.306. The third kappa shape index (κ3) is 2.94. The lowest BCUT2D eigenvalue weighted by atomic mass is 10.2. The number of hydrazine groups is 1. The fraction of sp³-hybridized carbons (Fsp3) is 0.231. The first-order valence-electron chi connectivity index (χ1n) is 5.93. The summed E-state index contributed by atoms with van der Waals surface area (Å²) in [6.07, 6.45) is 1.65. The van der Waals surface area contributed by atoms with Gasteiger partial charge >= 0.3 is 0 Å². The van der Waals surface area contributed by atoms with E-state index in [4.69, 9.17) is 17.4 Å². The van der Waals surface area contributed by atoms with Crippen LogP contribution in [-0.4, -0.2) is 10.9 Å². The molecular formula is C13H14ClN3OS. The smallest absolute Gasteiger partial charge is 0.277 e. The minimum Gasteiger partial charge on any atom is -0.289 e. The van der Waals surface area contributed by atoms with Gasteiger partial charge in [-0.15, -0.1) is 11.3 Å². The van der Waals surface area contributed by atoms with Gasteiger partial charge in [-0.05, 0) is 12.5 Å². The van der Waals surface area contributed by atoms with Gasteiger partial charge in [0.2, 0.25) is 0 Å². The summed E-state index contributed by atoms with van der Waals surface area (Å²) in [5.74, 6) is 4.89. The SMILES string of the molecule is CCCc1nc(-c2ccccc2Cl)sc1C(=O)NN. The molecule has 2 rings (SSSR count). The predicted octanol–water partition coefficient (Wildman–Crippen LogP) is 3.02. The molecule has 1 aromatic carbocycles. The average molecular weight is 296 g/mol. The van der Waals surface area contributed by atoms with E-state index >= 15 is 0 Å². The fourth-order valence-corrected chi connectivity index (χ4v) is 3.09. The number of hydrogen-bond acceptors (Lipinski definition) is 4. The quantitative estimate of drug-likeness (QED) is 0.517. The second-order valence-corrected chi connectivity index (χ2v) is 5.40. The second kappa shape index (κ2) is 6.14. The van der Waals surface area contributed by atoms with Gasteiger partial charge in [-0.1, -0.05) is 43.1 Å². The van der Waals surface area contributed by atoms with Gasteiger partial charge in [0, 0.05) is 5.56 Å². The summed E-state index contributed by atoms with van der Waals surface area (Å²) in [5.41, 5.74) is 3.76. The Morgan fingerprint density at radius 1 is 1.47 bits per heavy atom. The maximum atomic E-state index is 11.7. The van der Waals surface area contributed by atoms with Crippen LogP contribution in [0.5, 0.6) is 0 Å². The zero-order valence-electron chi connectivity index (χ0n) is 10.4. The molecule has 4 nitrogen and oxygen atoms in total. The molecule has 100 valence electrons. The molecule has 6 heteroatoms. The highest BCUT2D eigenvalue weighted by atomic mass is 35.5. The van der Waals surface area contributed by atoms with Crippen LogP contribution < -0.4 is 11.3 Å². The van der Waals surface area contributed by atoms with Crippen molar-refractivity contribution in [2.75, 3.05) is 0 Å². The number of carbonyl (C=O) groups is 1. The van der Waals surface area contributed by atoms with Crippen LogP contribution in [0, 0.1) is 0 Å². The summed E-state index contributed by atoms with van der Waals surface area (Å²) in [7, 11) is 0. The van der Waals surface area contributed by atoms with E-state index in [1.54, 1.807) is 6.07 Å². The van der Waals surface area contributed by atoms with E-state index in [9.17, 15) is 4.79 Å². The Morgan fingerprint density at radius 3 is 2.84 bits per heavy atom. The summed E-state index contributed by atoms with van der Waals surface area (Å²) >= 11 is 7.46. The Labute approximate surface area is 120 Å². The number of thiazole rings is 1. The topological polar surface area (TPSA) is 68.0 Å². The number of nitrogen functional groups attached to an aromatic ring is 1. The van der Waals surface area contributed by atoms with Crippen LogP contribution in [0.3, 0.4) is 0 Å². The van der Waals surface area contributed by atoms with Gasteiger partial charge in [0.05, 0.1) is 10.7 Å². The Morgan fingerprint density at radius 2 is 2.21 bits per heavy atom. The van der Waals surface area contributed by atoms with Crippen LogP contribution in [0.15, 0.2) is 24.3 Å². The molecule has 1 heterocycles. The van der Waals surface area contributed by atoms with Gasteiger partial charge < -0.3 is 0 Å². The van der Waals surface area contributed by atoms with Crippen LogP contribution in [0.25, 0.3) is 10.6 Å². The maximum Gasteiger partial charge on any atom is 0.277 e. The van der Waals surface area contributed by atoms with E-state index in [0.29, 0.717) is 9.90 Å². The molecule has 2 aromatic rings. The first kappa shape index (κ1) is 14.0. The molecule has 0 fully saturated rings. The summed E-state index contributed by atoms with van der Waals surface area (Å²) in [6, 6.07) is 7.45. The molecule has 0 saturated heterocycles. The van der Waals surface area contributed by atoms with Gasteiger partial charge in [-0.3, -0.25) is 10.2 Å². The highest BCUT2D eigenvalue weighted by Gasteiger charge is 2.18. The van der Waals surface area contributed by atoms with Crippen LogP contribution >= 0.6 is 22.9 Å². The number of benzene rings is 1. The molecule has 3 N–H and O–H groups in total. The fourth-order valence-electron chi connectivity index (χ4n) is 1.75. The molecule has 0 saturated carbocycles. The molecule has 0 bridgehead atoms. The number of amides is 1. The van der Waals surface area contributed by atoms with Crippen LogP contribution in [0.2, 0.25) is 5.02 Å². The van der Waals surface area contributed by atoms with E-state index < -0.39 is 0 Å². The lowest BCUT2D eigenvalue weighted by Gasteiger charge is -1.98. The van der Waals surface area contributed by atoms with E-state index in [2.05, 4.69) is 10.4 Å². The number of carbonyl (C=O) groups excluding carboxylic acids is 1. The van der Waals surface area contributed by atoms with Crippen molar-refractivity contribution in [3.63, 3.8) is 0 Å². The monoisotopic (exact) mass is 295 g/mol. The summed E-state index contributed by atoms with van der Waals surface area (Å²) in [4.78, 5) is 16.8. The molecule has 0 aliphatic heterocycles. The first-order valence-corrected chi connectivity index (χ1v) is 7.12. The Hall–Kier alpha value is -1.43. The van der Waals surface area contributed by atoms with Crippen molar-refractivity contribution < 1.29 is 4.79 Å². The average Bonchev–Trinajstić information content (AvgIpc) is 2.83. The summed E-state index contributed by atoms with van der Waals surface area (Å²) in [6.45, 7) is 2.04. The highest BCUT2D eigenvalue weighted by molar-refractivity contribution is 7.17. The van der Waals surface area contributed by atoms with Crippen molar-refractivity contribution in [3.05, 3.63) is 39.9 Å². The number of rotatable bonds is 4. The van der Waals surface area contributed by atoms with Gasteiger partial charge in [-0.25, -0.2) is 10.8 Å². The summed E-state index contributed by atoms with van der Waals surface area (Å²) < 4.78 is 0. The predicted molar refractivity (Wildman–Crippen MR) is 78.2 cm³/mol. The molecule has 0 atom stereocenters. The number of nitrogens with one attached hydrogen (secondary N) is 1. The molecule has 0 unspecified atom stereocenters. The van der Waals surface area contributed by atoms with Gasteiger partial charge in [0.1, 0.15) is 9.88 Å². The van der Waals surface area contributed by atoms with E-state index in [1.165, 1.54) is 11.3 Å². The van der Waals surface area contributed by atoms with Crippen molar-refractivity contribution in [1.82, 2.24) is 10.4 Å². The second-order valence-electron chi connectivity index (χ2n) is 4.00. The number of hydrogen-bond donors (Lipinski definition) is 2. The van der Waals surface area contributed by atoms with Gasteiger partial charge in [-0.2, -0.15) is 0 Å². The molecule has 0 spiro atoms. The molecule has 19 heavy (non-hydrogen) atoms. The molecule has 0 radical (unpaired) electrons. The van der Waals surface area contributed by atoms with E-state index in [0.717, 1.165) is 29.1 Å². The largest absolute Gasteiger partial charge is 0.289 e. The Balaban J connectivity index is 2.48. The molecule has 0 aliphatic carbocycles. The molecule has 1 amide bonds. The Bertz CT molecular complexity index is 597. The third-order valence-corrected chi connectivity index (χ3v) is 4.09. The molecular weight excluding hydrogens is 282 g/mol. The number of nitrogens with zero attached hydrogens (tertiary/aromatic N) is 1. The van der Waals surface area contributed by atoms with Crippen molar-refractivity contribution >= 4 is 28.8 Å². The zero-order chi connectivity index (χ0) is 13.8. The van der Waals surface area contributed by atoms with Crippen LogP contribution in [0.4, 0.5) is 0 Å². The van der Waals surface area contributed by atoms with Crippen molar-refractivity contribution in [2.45, 2.75) is 19.8 Å². The third-order valence-electron chi connectivity index (χ3n) is 2.63. The number of halogens is 1. The minimum atomic E-state index is -0.306. The number of nitrogens with two attached hydrogens (primary N) is 1. The normalized spacial score (nSPS) is 10.5. The molecule has 1 aromatic heterocycles. The highest BCUT2D eigenvalue weighted by Crippen LogP contribution is 2.33. The van der Waals surface area contributed by atoms with Gasteiger partial charge in [0.15, 0.2) is 0 Å². The van der Waals surface area contributed by atoms with Crippen LogP contribution in [0.1, 0.15) is 28.7 Å². The maximum absolute atomic E-state index is 11.7. The first-order chi connectivity index (χ1) is 9.17.